The second kappa shape index (κ2) is 10.8. The maximum absolute atomic E-state index is 14.3. The molecule has 1 unspecified atom stereocenters. The predicted octanol–water partition coefficient (Wildman–Crippen LogP) is 6.53. The van der Waals surface area contributed by atoms with Gasteiger partial charge in [0.05, 0.1) is 23.0 Å². The largest absolute Gasteiger partial charge is 0.393 e. The highest BCUT2D eigenvalue weighted by Gasteiger charge is 2.68. The zero-order valence-electron chi connectivity index (χ0n) is 29.0. The normalized spacial score (nSPS) is 44.5. The van der Waals surface area contributed by atoms with Crippen molar-refractivity contribution in [1.29, 1.82) is 0 Å². The molecule has 0 bridgehead atoms. The summed E-state index contributed by atoms with van der Waals surface area (Å²) in [6.45, 7) is 20.0. The third-order valence-corrected chi connectivity index (χ3v) is 16.9. The van der Waals surface area contributed by atoms with Crippen molar-refractivity contribution in [3.8, 4) is 0 Å². The number of fused-ring (bicyclic) bond motifs is 6. The van der Waals surface area contributed by atoms with Gasteiger partial charge >= 0.3 is 0 Å². The van der Waals surface area contributed by atoms with Gasteiger partial charge in [-0.25, -0.2) is 8.42 Å². The van der Waals surface area contributed by atoms with Gasteiger partial charge in [-0.05, 0) is 123 Å². The van der Waals surface area contributed by atoms with Gasteiger partial charge in [0, 0.05) is 19.6 Å². The molecular formula is C37H62N2O4S. The van der Waals surface area contributed by atoms with Gasteiger partial charge in [-0.3, -0.25) is 4.79 Å². The minimum atomic E-state index is -2.87. The first-order chi connectivity index (χ1) is 20.4. The number of aliphatic hydroxyl groups is 1. The van der Waals surface area contributed by atoms with Crippen molar-refractivity contribution in [2.24, 2.45) is 44.3 Å². The van der Waals surface area contributed by atoms with Crippen molar-refractivity contribution in [3.63, 3.8) is 0 Å². The fraction of sp³-hybridized carbons (Fsp3) is 0.919. The topological polar surface area (TPSA) is 86.7 Å². The van der Waals surface area contributed by atoms with Gasteiger partial charge < -0.3 is 15.3 Å². The Morgan fingerprint density at radius 2 is 1.55 bits per heavy atom. The summed E-state index contributed by atoms with van der Waals surface area (Å²) < 4.78 is 23.6. The first kappa shape index (κ1) is 33.0. The molecule has 0 aromatic heterocycles. The first-order valence-electron chi connectivity index (χ1n) is 18.0. The van der Waals surface area contributed by atoms with E-state index >= 15 is 0 Å². The van der Waals surface area contributed by atoms with E-state index in [2.05, 4.69) is 58.7 Å². The quantitative estimate of drug-likeness (QED) is 0.267. The number of amides is 1. The number of hydrogen-bond donors (Lipinski definition) is 2. The van der Waals surface area contributed by atoms with E-state index in [4.69, 9.17) is 0 Å². The van der Waals surface area contributed by atoms with Crippen LogP contribution < -0.4 is 5.32 Å². The number of hydrogen-bond acceptors (Lipinski definition) is 5. The minimum Gasteiger partial charge on any atom is -0.393 e. The Morgan fingerprint density at radius 1 is 0.864 bits per heavy atom. The molecule has 0 aromatic rings. The van der Waals surface area contributed by atoms with E-state index in [1.54, 1.807) is 5.57 Å². The van der Waals surface area contributed by atoms with Gasteiger partial charge in [0.15, 0.2) is 9.84 Å². The SMILES string of the molecule is CC1(C)CC[C@]2(C(=O)NCCCN3CCS(=O)(=O)CC3)CC[C@]3(C)C(=C2C1)CCC1[C@@]2(C)CC[C@H](O)C(C)(C)[C@@H]2CC[C@]13C. The van der Waals surface area contributed by atoms with Crippen LogP contribution in [-0.2, 0) is 14.6 Å². The Kier molecular flexibility index (Phi) is 8.10. The maximum atomic E-state index is 14.3. The Bertz CT molecular complexity index is 1290. The highest BCUT2D eigenvalue weighted by molar-refractivity contribution is 7.91. The Labute approximate surface area is 268 Å². The lowest BCUT2D eigenvalue weighted by molar-refractivity contribution is -0.204. The molecule has 5 aliphatic carbocycles. The molecule has 6 nitrogen and oxygen atoms in total. The summed E-state index contributed by atoms with van der Waals surface area (Å²) in [6, 6.07) is 0. The standard InChI is InChI=1S/C37H62N2O4S/c1-32(2)15-17-37(31(41)38-19-8-20-39-21-23-44(42,43)24-22-39)18-16-35(6)26(27(37)25-32)9-10-29-34(5)13-12-30(40)33(3,4)28(34)11-14-36(29,35)7/h28-30,40H,8-25H2,1-7H3,(H,38,41)/t28-,29?,30-,34-,35+,36+,37-/m0/s1. The lowest BCUT2D eigenvalue weighted by Crippen LogP contribution is -2.64. The average molecular weight is 631 g/mol. The highest BCUT2D eigenvalue weighted by Crippen LogP contribution is 2.75. The molecule has 4 saturated carbocycles. The summed E-state index contributed by atoms with van der Waals surface area (Å²) in [5.41, 5.74) is 3.55. The predicted molar refractivity (Wildman–Crippen MR) is 178 cm³/mol. The van der Waals surface area contributed by atoms with Crippen molar-refractivity contribution in [2.75, 3.05) is 37.7 Å². The second-order valence-corrected chi connectivity index (χ2v) is 20.6. The molecule has 7 atom stereocenters. The third-order valence-electron chi connectivity index (χ3n) is 15.3. The molecule has 0 radical (unpaired) electrons. The van der Waals surface area contributed by atoms with E-state index in [1.807, 2.05) is 0 Å². The molecular weight excluding hydrogens is 568 g/mol. The van der Waals surface area contributed by atoms with Gasteiger partial charge in [0.2, 0.25) is 5.91 Å². The molecule has 7 heteroatoms. The molecule has 0 spiro atoms. The van der Waals surface area contributed by atoms with Crippen LogP contribution in [-0.4, -0.2) is 68.1 Å². The fourth-order valence-corrected chi connectivity index (χ4v) is 13.5. The summed E-state index contributed by atoms with van der Waals surface area (Å²) in [6.07, 6.45) is 12.6. The van der Waals surface area contributed by atoms with Gasteiger partial charge in [-0.15, -0.1) is 0 Å². The lowest BCUT2D eigenvalue weighted by Gasteiger charge is -2.71. The van der Waals surface area contributed by atoms with Crippen LogP contribution in [0, 0.1) is 44.3 Å². The molecule has 1 saturated heterocycles. The Balaban J connectivity index is 1.25. The number of sulfone groups is 1. The summed E-state index contributed by atoms with van der Waals surface area (Å²) in [5.74, 6) is 1.98. The average Bonchev–Trinajstić information content (AvgIpc) is 2.94. The van der Waals surface area contributed by atoms with Crippen LogP contribution in [0.4, 0.5) is 0 Å². The van der Waals surface area contributed by atoms with Crippen molar-refractivity contribution >= 4 is 15.7 Å². The van der Waals surface area contributed by atoms with Crippen LogP contribution in [0.15, 0.2) is 11.1 Å². The van der Waals surface area contributed by atoms with E-state index in [-0.39, 0.29) is 56.0 Å². The van der Waals surface area contributed by atoms with Gasteiger partial charge in [0.1, 0.15) is 0 Å². The molecule has 2 N–H and O–H groups in total. The van der Waals surface area contributed by atoms with E-state index in [0.29, 0.717) is 31.5 Å². The van der Waals surface area contributed by atoms with Crippen LogP contribution in [0.1, 0.15) is 126 Å². The van der Waals surface area contributed by atoms with Crippen molar-refractivity contribution in [2.45, 2.75) is 132 Å². The van der Waals surface area contributed by atoms with Crippen LogP contribution in [0.2, 0.25) is 0 Å². The van der Waals surface area contributed by atoms with E-state index in [9.17, 15) is 18.3 Å². The van der Waals surface area contributed by atoms with Gasteiger partial charge in [0.25, 0.3) is 0 Å². The van der Waals surface area contributed by atoms with E-state index in [0.717, 1.165) is 64.3 Å². The monoisotopic (exact) mass is 630 g/mol. The van der Waals surface area contributed by atoms with Crippen molar-refractivity contribution in [3.05, 3.63) is 11.1 Å². The maximum Gasteiger partial charge on any atom is 0.230 e. The van der Waals surface area contributed by atoms with Gasteiger partial charge in [-0.2, -0.15) is 0 Å². The number of rotatable bonds is 5. The van der Waals surface area contributed by atoms with Crippen LogP contribution in [0.25, 0.3) is 0 Å². The Morgan fingerprint density at radius 3 is 2.25 bits per heavy atom. The van der Waals surface area contributed by atoms with Crippen LogP contribution in [0.3, 0.4) is 0 Å². The molecule has 0 aromatic carbocycles. The molecule has 6 rings (SSSR count). The lowest BCUT2D eigenvalue weighted by atomic mass is 9.34. The molecule has 1 aliphatic heterocycles. The highest BCUT2D eigenvalue weighted by atomic mass is 32.2. The van der Waals surface area contributed by atoms with E-state index in [1.165, 1.54) is 24.8 Å². The molecule has 1 amide bonds. The Hall–Kier alpha value is -0.920. The minimum absolute atomic E-state index is 0.0348. The summed E-state index contributed by atoms with van der Waals surface area (Å²) >= 11 is 0. The summed E-state index contributed by atoms with van der Waals surface area (Å²) in [7, 11) is -2.87. The molecule has 1 heterocycles. The molecule has 44 heavy (non-hydrogen) atoms. The number of carbonyl (C=O) groups is 1. The zero-order valence-corrected chi connectivity index (χ0v) is 29.8. The molecule has 250 valence electrons. The van der Waals surface area contributed by atoms with Crippen LogP contribution >= 0.6 is 0 Å². The fourth-order valence-electron chi connectivity index (χ4n) is 12.3. The smallest absolute Gasteiger partial charge is 0.230 e. The van der Waals surface area contributed by atoms with Crippen molar-refractivity contribution < 1.29 is 18.3 Å². The number of nitrogens with zero attached hydrogens (tertiary/aromatic N) is 1. The number of nitrogens with one attached hydrogen (secondary N) is 1. The third kappa shape index (κ3) is 4.98. The zero-order chi connectivity index (χ0) is 32.0. The van der Waals surface area contributed by atoms with Gasteiger partial charge in [-0.1, -0.05) is 59.6 Å². The van der Waals surface area contributed by atoms with Crippen molar-refractivity contribution in [1.82, 2.24) is 10.2 Å². The summed E-state index contributed by atoms with van der Waals surface area (Å²) in [5, 5.41) is 14.5. The number of aliphatic hydroxyl groups excluding tert-OH is 1. The van der Waals surface area contributed by atoms with E-state index < -0.39 is 9.84 Å². The first-order valence-corrected chi connectivity index (χ1v) is 19.8. The van der Waals surface area contributed by atoms with Crippen LogP contribution in [0.5, 0.6) is 0 Å². The molecule has 5 fully saturated rings. The molecule has 6 aliphatic rings. The second-order valence-electron chi connectivity index (χ2n) is 18.3. The number of carbonyl (C=O) groups excluding carboxylic acids is 1. The number of allylic oxidation sites excluding steroid dienone is 1. The summed E-state index contributed by atoms with van der Waals surface area (Å²) in [4.78, 5) is 16.6.